The van der Waals surface area contributed by atoms with E-state index in [9.17, 15) is 24.2 Å². The van der Waals surface area contributed by atoms with Gasteiger partial charge in [-0.15, -0.1) is 0 Å². The molecule has 0 aromatic rings. The van der Waals surface area contributed by atoms with Gasteiger partial charge >= 0.3 is 8.03 Å². The summed E-state index contributed by atoms with van der Waals surface area (Å²) in [7, 11) is -3.40. The number of Topliss-reactive ketones (excluding diaryl/α,β-unsaturated/α-hetero) is 2. The quantitative estimate of drug-likeness (QED) is 0.0393. The smallest absolute Gasteiger partial charge is 0.344 e. The summed E-state index contributed by atoms with van der Waals surface area (Å²) in [6.45, 7) is 4.50. The first-order chi connectivity index (χ1) is 21.8. The second-order valence-corrected chi connectivity index (χ2v) is 14.8. The largest absolute Gasteiger partial charge is 0.593 e. The average molecular weight is 656 g/mol. The SMILES string of the molecule is CCCCCCCCCCCCCCCCCC(=O)C(N)(C(=O)CCCCCCCCCCCCCCCCC)C(O)[P+](=O)[O-]. The molecule has 2 unspecified atom stereocenters. The van der Waals surface area contributed by atoms with Crippen molar-refractivity contribution >= 4 is 19.6 Å². The maximum Gasteiger partial charge on any atom is 0.344 e. The fourth-order valence-corrected chi connectivity index (χ4v) is 6.96. The maximum absolute atomic E-state index is 13.0. The fraction of sp³-hybridized carbons (Fsp3) is 0.947. The summed E-state index contributed by atoms with van der Waals surface area (Å²) in [5, 5.41) is 10.3. The number of carbonyl (C=O) groups is 2. The molecule has 0 aliphatic carbocycles. The van der Waals surface area contributed by atoms with Crippen LogP contribution in [0.1, 0.15) is 219 Å². The van der Waals surface area contributed by atoms with Gasteiger partial charge in [0, 0.05) is 12.8 Å². The summed E-state index contributed by atoms with van der Waals surface area (Å²) < 4.78 is 11.6. The summed E-state index contributed by atoms with van der Waals surface area (Å²) in [5.41, 5.74) is 3.77. The fourth-order valence-electron chi connectivity index (χ4n) is 6.34. The number of hydrogen-bond donors (Lipinski definition) is 2. The molecule has 45 heavy (non-hydrogen) atoms. The molecule has 0 saturated carbocycles. The Kier molecular flexibility index (Phi) is 31.4. The van der Waals surface area contributed by atoms with Gasteiger partial charge in [0.1, 0.15) is 0 Å². The third kappa shape index (κ3) is 24.2. The van der Waals surface area contributed by atoms with Gasteiger partial charge in [-0.3, -0.25) is 9.59 Å². The Hall–Kier alpha value is -0.680. The molecule has 0 aliphatic heterocycles. The van der Waals surface area contributed by atoms with Crippen LogP contribution in [0.4, 0.5) is 0 Å². The minimum atomic E-state index is -3.40. The molecule has 6 nitrogen and oxygen atoms in total. The first-order valence-corrected chi connectivity index (χ1v) is 20.7. The number of ketones is 2. The summed E-state index contributed by atoms with van der Waals surface area (Å²) in [5.74, 6) is -3.45. The molecule has 0 spiro atoms. The highest BCUT2D eigenvalue weighted by Crippen LogP contribution is 2.30. The molecule has 2 atom stereocenters. The van der Waals surface area contributed by atoms with E-state index in [2.05, 4.69) is 13.8 Å². The summed E-state index contributed by atoms with van der Waals surface area (Å²) >= 11 is 0. The Morgan fingerprint density at radius 2 is 0.711 bits per heavy atom. The number of aliphatic hydroxyl groups excluding tert-OH is 1. The molecule has 3 N–H and O–H groups in total. The molecule has 0 saturated heterocycles. The monoisotopic (exact) mass is 656 g/mol. The second kappa shape index (κ2) is 31.9. The van der Waals surface area contributed by atoms with E-state index in [1.807, 2.05) is 0 Å². The van der Waals surface area contributed by atoms with Crippen LogP contribution in [0.3, 0.4) is 0 Å². The average Bonchev–Trinajstić information content (AvgIpc) is 3.03. The molecule has 0 amide bonds. The minimum Gasteiger partial charge on any atom is -0.593 e. The molecule has 0 fully saturated rings. The van der Waals surface area contributed by atoms with E-state index in [4.69, 9.17) is 5.73 Å². The van der Waals surface area contributed by atoms with Crippen LogP contribution in [-0.2, 0) is 14.2 Å². The summed E-state index contributed by atoms with van der Waals surface area (Å²) in [4.78, 5) is 37.5. The third-order valence-electron chi connectivity index (χ3n) is 9.54. The Morgan fingerprint density at radius 1 is 0.511 bits per heavy atom. The third-order valence-corrected chi connectivity index (χ3v) is 10.4. The normalized spacial score (nSPS) is 12.9. The molecule has 0 radical (unpaired) electrons. The van der Waals surface area contributed by atoms with Gasteiger partial charge in [-0.05, 0) is 12.8 Å². The van der Waals surface area contributed by atoms with E-state index >= 15 is 0 Å². The number of nitrogens with two attached hydrogens (primary N) is 1. The van der Waals surface area contributed by atoms with Crippen LogP contribution in [0.25, 0.3) is 0 Å². The van der Waals surface area contributed by atoms with Gasteiger partial charge < -0.3 is 15.7 Å². The predicted molar refractivity (Wildman–Crippen MR) is 190 cm³/mol. The van der Waals surface area contributed by atoms with Crippen molar-refractivity contribution in [3.63, 3.8) is 0 Å². The van der Waals surface area contributed by atoms with Crippen LogP contribution in [0.5, 0.6) is 0 Å². The lowest BCUT2D eigenvalue weighted by Gasteiger charge is -2.26. The van der Waals surface area contributed by atoms with Crippen molar-refractivity contribution in [2.45, 2.75) is 231 Å². The topological polar surface area (TPSA) is 121 Å². The number of rotatable bonds is 36. The van der Waals surface area contributed by atoms with Crippen LogP contribution in [0, 0.1) is 0 Å². The van der Waals surface area contributed by atoms with Crippen molar-refractivity contribution in [3.05, 3.63) is 0 Å². The highest BCUT2D eigenvalue weighted by molar-refractivity contribution is 7.37. The maximum atomic E-state index is 13.0. The zero-order chi connectivity index (χ0) is 33.4. The van der Waals surface area contributed by atoms with Crippen molar-refractivity contribution in [1.82, 2.24) is 0 Å². The van der Waals surface area contributed by atoms with E-state index in [1.165, 1.54) is 141 Å². The lowest BCUT2D eigenvalue weighted by molar-refractivity contribution is -0.176. The number of hydrogen-bond acceptors (Lipinski definition) is 6. The zero-order valence-electron chi connectivity index (χ0n) is 29.8. The summed E-state index contributed by atoms with van der Waals surface area (Å²) in [6.07, 6.45) is 36.2. The molecular formula is C38H74NO5P. The standard InChI is InChI=1S/C38H74NO5P/c1-3-5-7-9-11-13-15-17-19-21-23-25-27-29-31-33-35(40)38(39,37(42)45(43)44)36(41)34-32-30-28-26-24-22-20-18-16-14-12-10-8-6-4-2/h37,42H,3-34,39H2,1-2H3. The highest BCUT2D eigenvalue weighted by Gasteiger charge is 2.53. The first-order valence-electron chi connectivity index (χ1n) is 19.5. The molecule has 0 bridgehead atoms. The van der Waals surface area contributed by atoms with E-state index in [1.54, 1.807) is 0 Å². The second-order valence-electron chi connectivity index (χ2n) is 13.8. The molecule has 0 aromatic carbocycles. The van der Waals surface area contributed by atoms with Crippen LogP contribution in [0.2, 0.25) is 0 Å². The van der Waals surface area contributed by atoms with Crippen LogP contribution < -0.4 is 10.6 Å². The van der Waals surface area contributed by atoms with Crippen molar-refractivity contribution in [2.75, 3.05) is 0 Å². The highest BCUT2D eigenvalue weighted by atomic mass is 31.1. The van der Waals surface area contributed by atoms with E-state index in [0.29, 0.717) is 12.8 Å². The Bertz CT molecular complexity index is 670. The van der Waals surface area contributed by atoms with Gasteiger partial charge in [0.15, 0.2) is 11.6 Å². The zero-order valence-corrected chi connectivity index (χ0v) is 30.7. The molecular weight excluding hydrogens is 581 g/mol. The van der Waals surface area contributed by atoms with Gasteiger partial charge in [-0.25, -0.2) is 0 Å². The van der Waals surface area contributed by atoms with E-state index < -0.39 is 31.0 Å². The molecule has 0 rings (SSSR count). The van der Waals surface area contributed by atoms with Crippen molar-refractivity contribution < 1.29 is 24.2 Å². The predicted octanol–water partition coefficient (Wildman–Crippen LogP) is 10.8. The van der Waals surface area contributed by atoms with Gasteiger partial charge in [0.2, 0.25) is 5.54 Å². The van der Waals surface area contributed by atoms with Crippen LogP contribution >= 0.6 is 8.03 Å². The van der Waals surface area contributed by atoms with Crippen molar-refractivity contribution in [2.24, 2.45) is 5.73 Å². The number of aliphatic hydroxyl groups is 1. The molecule has 266 valence electrons. The van der Waals surface area contributed by atoms with Crippen LogP contribution in [0.15, 0.2) is 0 Å². The number of unbranched alkanes of at least 4 members (excludes halogenated alkanes) is 28. The van der Waals surface area contributed by atoms with Gasteiger partial charge in [0.25, 0.3) is 5.85 Å². The van der Waals surface area contributed by atoms with E-state index in [-0.39, 0.29) is 12.8 Å². The Labute approximate surface area is 279 Å². The minimum absolute atomic E-state index is 0.0274. The molecule has 0 aliphatic rings. The number of carbonyl (C=O) groups excluding carboxylic acids is 2. The lowest BCUT2D eigenvalue weighted by atomic mass is 9.85. The Balaban J connectivity index is 4.04. The summed E-state index contributed by atoms with van der Waals surface area (Å²) in [6, 6.07) is 0. The van der Waals surface area contributed by atoms with Gasteiger partial charge in [0.05, 0.1) is 0 Å². The van der Waals surface area contributed by atoms with Crippen LogP contribution in [-0.4, -0.2) is 28.1 Å². The first kappa shape index (κ1) is 44.3. The van der Waals surface area contributed by atoms with E-state index in [0.717, 1.165) is 38.5 Å². The molecule has 0 aromatic heterocycles. The van der Waals surface area contributed by atoms with Gasteiger partial charge in [-0.2, -0.15) is 0 Å². The van der Waals surface area contributed by atoms with Gasteiger partial charge in [-0.1, -0.05) is 198 Å². The lowest BCUT2D eigenvalue weighted by Crippen LogP contribution is -2.62. The molecule has 7 heteroatoms. The Morgan fingerprint density at radius 3 is 0.911 bits per heavy atom. The van der Waals surface area contributed by atoms with Crippen molar-refractivity contribution in [3.8, 4) is 0 Å². The van der Waals surface area contributed by atoms with Crippen molar-refractivity contribution in [1.29, 1.82) is 0 Å². The molecule has 0 heterocycles.